The molecular weight excluding hydrogens is 276 g/mol. The minimum Gasteiger partial charge on any atom is -0.490 e. The minimum atomic E-state index is -2.36. The van der Waals surface area contributed by atoms with E-state index in [0.29, 0.717) is 19.8 Å². The van der Waals surface area contributed by atoms with Gasteiger partial charge in [0.2, 0.25) is 5.91 Å². The Hall–Kier alpha value is -0.693. The molecule has 0 spiro atoms. The van der Waals surface area contributed by atoms with E-state index < -0.39 is 21.2 Å². The standard InChI is InChI=1S/C14H28O5Si/c1-5-9-10-12-18-20(19-13(15)11-6-2)14(16-7-3)17-8-4/h6,11,14,20H,5,7-10,12H2,1-4H3. The van der Waals surface area contributed by atoms with Crippen molar-refractivity contribution in [1.82, 2.24) is 0 Å². The molecular formula is C14H28O5Si. The Bertz CT molecular complexity index is 264. The van der Waals surface area contributed by atoms with Gasteiger partial charge in [0.15, 0.2) is 0 Å². The molecule has 0 rings (SSSR count). The van der Waals surface area contributed by atoms with Gasteiger partial charge in [0, 0.05) is 25.9 Å². The molecule has 0 heterocycles. The maximum Gasteiger partial charge on any atom is 0.443 e. The van der Waals surface area contributed by atoms with E-state index in [1.54, 1.807) is 13.0 Å². The van der Waals surface area contributed by atoms with Crippen molar-refractivity contribution < 1.29 is 23.1 Å². The van der Waals surface area contributed by atoms with Gasteiger partial charge in [0.05, 0.1) is 0 Å². The first-order valence-corrected chi connectivity index (χ1v) is 8.98. The second-order valence-corrected chi connectivity index (χ2v) is 6.01. The van der Waals surface area contributed by atoms with Gasteiger partial charge in [-0.2, -0.15) is 0 Å². The highest BCUT2D eigenvalue weighted by Gasteiger charge is 2.31. The van der Waals surface area contributed by atoms with Crippen LogP contribution in [-0.2, 0) is 23.1 Å². The molecule has 0 aromatic heterocycles. The fourth-order valence-corrected chi connectivity index (χ4v) is 3.29. The Morgan fingerprint density at radius 1 is 1.15 bits per heavy atom. The van der Waals surface area contributed by atoms with Crippen molar-refractivity contribution in [3.63, 3.8) is 0 Å². The molecule has 0 radical (unpaired) electrons. The summed E-state index contributed by atoms with van der Waals surface area (Å²) < 4.78 is 22.1. The molecule has 0 fully saturated rings. The van der Waals surface area contributed by atoms with Crippen LogP contribution in [0.15, 0.2) is 12.2 Å². The van der Waals surface area contributed by atoms with Gasteiger partial charge in [-0.1, -0.05) is 25.8 Å². The van der Waals surface area contributed by atoms with Crippen molar-refractivity contribution in [2.75, 3.05) is 19.8 Å². The first kappa shape index (κ1) is 19.3. The third-order valence-corrected chi connectivity index (χ3v) is 4.31. The highest BCUT2D eigenvalue weighted by molar-refractivity contribution is 6.48. The molecule has 118 valence electrons. The van der Waals surface area contributed by atoms with E-state index in [2.05, 4.69) is 6.92 Å². The fourth-order valence-electron chi connectivity index (χ4n) is 1.54. The summed E-state index contributed by atoms with van der Waals surface area (Å²) in [5, 5.41) is 0. The smallest absolute Gasteiger partial charge is 0.443 e. The molecule has 0 saturated heterocycles. The number of hydrogen-bond acceptors (Lipinski definition) is 5. The molecule has 0 aliphatic heterocycles. The van der Waals surface area contributed by atoms with Gasteiger partial charge in [-0.15, -0.1) is 0 Å². The van der Waals surface area contributed by atoms with Gasteiger partial charge in [0.25, 0.3) is 0 Å². The average molecular weight is 304 g/mol. The van der Waals surface area contributed by atoms with Crippen LogP contribution < -0.4 is 0 Å². The van der Waals surface area contributed by atoms with Crippen LogP contribution in [0.5, 0.6) is 0 Å². The summed E-state index contributed by atoms with van der Waals surface area (Å²) in [6, 6.07) is 0. The van der Waals surface area contributed by atoms with Gasteiger partial charge < -0.3 is 18.3 Å². The number of ether oxygens (including phenoxy) is 2. The molecule has 0 aliphatic rings. The maximum atomic E-state index is 11.6. The number of allylic oxidation sites excluding steroid dienone is 1. The van der Waals surface area contributed by atoms with Gasteiger partial charge >= 0.3 is 15.3 Å². The normalized spacial score (nSPS) is 13.1. The van der Waals surface area contributed by atoms with E-state index in [-0.39, 0.29) is 0 Å². The molecule has 20 heavy (non-hydrogen) atoms. The van der Waals surface area contributed by atoms with Crippen molar-refractivity contribution in [3.8, 4) is 0 Å². The number of carbonyl (C=O) groups is 1. The topological polar surface area (TPSA) is 54.0 Å². The summed E-state index contributed by atoms with van der Waals surface area (Å²) in [7, 11) is -2.36. The minimum absolute atomic E-state index is 0.399. The first-order valence-electron chi connectivity index (χ1n) is 7.37. The summed E-state index contributed by atoms with van der Waals surface area (Å²) >= 11 is 0. The number of unbranched alkanes of at least 4 members (excludes halogenated alkanes) is 2. The Morgan fingerprint density at radius 2 is 1.80 bits per heavy atom. The van der Waals surface area contributed by atoms with E-state index in [1.807, 2.05) is 13.8 Å². The number of rotatable bonds is 12. The van der Waals surface area contributed by atoms with E-state index in [1.165, 1.54) is 6.08 Å². The van der Waals surface area contributed by atoms with Crippen molar-refractivity contribution in [1.29, 1.82) is 0 Å². The second kappa shape index (κ2) is 13.3. The molecule has 0 aromatic carbocycles. The third kappa shape index (κ3) is 9.25. The molecule has 0 aliphatic carbocycles. The predicted molar refractivity (Wildman–Crippen MR) is 80.6 cm³/mol. The van der Waals surface area contributed by atoms with Crippen molar-refractivity contribution >= 4 is 15.3 Å². The zero-order chi connectivity index (χ0) is 15.2. The number of hydrogen-bond donors (Lipinski definition) is 0. The molecule has 0 aromatic rings. The monoisotopic (exact) mass is 304 g/mol. The van der Waals surface area contributed by atoms with E-state index in [9.17, 15) is 4.79 Å². The molecule has 0 amide bonds. The Kier molecular flexibility index (Phi) is 12.8. The van der Waals surface area contributed by atoms with Crippen LogP contribution in [0.25, 0.3) is 0 Å². The molecule has 1 unspecified atom stereocenters. The molecule has 5 nitrogen and oxygen atoms in total. The van der Waals surface area contributed by atoms with Gasteiger partial charge in [-0.3, -0.25) is 0 Å². The first-order chi connectivity index (χ1) is 9.69. The van der Waals surface area contributed by atoms with E-state index in [4.69, 9.17) is 18.3 Å². The van der Waals surface area contributed by atoms with Crippen molar-refractivity contribution in [2.24, 2.45) is 0 Å². The van der Waals surface area contributed by atoms with Crippen molar-refractivity contribution in [2.45, 2.75) is 52.9 Å². The summed E-state index contributed by atoms with van der Waals surface area (Å²) in [4.78, 5) is 11.6. The van der Waals surface area contributed by atoms with Crippen LogP contribution in [0.2, 0.25) is 0 Å². The van der Waals surface area contributed by atoms with Crippen LogP contribution in [0.3, 0.4) is 0 Å². The molecule has 1 atom stereocenters. The third-order valence-electron chi connectivity index (χ3n) is 2.45. The van der Waals surface area contributed by atoms with Gasteiger partial charge in [-0.25, -0.2) is 4.79 Å². The summed E-state index contributed by atoms with van der Waals surface area (Å²) in [6.07, 6.45) is 6.18. The Morgan fingerprint density at radius 3 is 2.30 bits per heavy atom. The summed E-state index contributed by atoms with van der Waals surface area (Å²) in [5.74, 6) is -0.954. The Balaban J connectivity index is 4.50. The zero-order valence-corrected chi connectivity index (χ0v) is 14.2. The van der Waals surface area contributed by atoms with Crippen LogP contribution >= 0.6 is 0 Å². The van der Waals surface area contributed by atoms with Crippen molar-refractivity contribution in [3.05, 3.63) is 12.2 Å². The van der Waals surface area contributed by atoms with Gasteiger partial charge in [-0.05, 0) is 27.2 Å². The molecule has 6 heteroatoms. The second-order valence-electron chi connectivity index (χ2n) is 4.16. The highest BCUT2D eigenvalue weighted by atomic mass is 28.3. The van der Waals surface area contributed by atoms with Crippen LogP contribution in [-0.4, -0.2) is 41.0 Å². The lowest BCUT2D eigenvalue weighted by Crippen LogP contribution is -2.43. The molecule has 0 saturated carbocycles. The van der Waals surface area contributed by atoms with E-state index in [0.717, 1.165) is 19.3 Å². The lowest BCUT2D eigenvalue weighted by atomic mass is 10.3. The Labute approximate surface area is 124 Å². The fraction of sp³-hybridized carbons (Fsp3) is 0.786. The zero-order valence-electron chi connectivity index (χ0n) is 13.1. The van der Waals surface area contributed by atoms with E-state index >= 15 is 0 Å². The van der Waals surface area contributed by atoms with Crippen LogP contribution in [0, 0.1) is 0 Å². The quantitative estimate of drug-likeness (QED) is 0.240. The predicted octanol–water partition coefficient (Wildman–Crippen LogP) is 2.47. The van der Waals surface area contributed by atoms with Crippen LogP contribution in [0.1, 0.15) is 47.0 Å². The SMILES string of the molecule is CC=CC(=O)O[SiH](OCCCCC)C(OCC)OCC. The maximum absolute atomic E-state index is 11.6. The van der Waals surface area contributed by atoms with Crippen LogP contribution in [0.4, 0.5) is 0 Å². The summed E-state index contributed by atoms with van der Waals surface area (Å²) in [6.45, 7) is 9.21. The number of carbonyl (C=O) groups excluding carboxylic acids is 1. The largest absolute Gasteiger partial charge is 0.490 e. The average Bonchev–Trinajstić information content (AvgIpc) is 2.42. The molecule has 0 N–H and O–H groups in total. The lowest BCUT2D eigenvalue weighted by molar-refractivity contribution is -0.138. The molecule has 0 bridgehead atoms. The summed E-state index contributed by atoms with van der Waals surface area (Å²) in [5.41, 5.74) is 0. The highest BCUT2D eigenvalue weighted by Crippen LogP contribution is 2.07. The van der Waals surface area contributed by atoms with Gasteiger partial charge in [0.1, 0.15) is 0 Å². The lowest BCUT2D eigenvalue weighted by Gasteiger charge is -2.24.